The van der Waals surface area contributed by atoms with Gasteiger partial charge >= 0.3 is 0 Å². The molecule has 8 heteroatoms. The number of nitrogens with zero attached hydrogens (tertiary/aromatic N) is 2. The number of halogens is 2. The van der Waals surface area contributed by atoms with Gasteiger partial charge in [0.15, 0.2) is 0 Å². The first-order valence-electron chi connectivity index (χ1n) is 7.80. The molecule has 26 heavy (non-hydrogen) atoms. The van der Waals surface area contributed by atoms with Crippen molar-refractivity contribution in [3.05, 3.63) is 70.3 Å². The average molecular weight is 394 g/mol. The largest absolute Gasteiger partial charge is 0.278 e. The summed E-state index contributed by atoms with van der Waals surface area (Å²) < 4.78 is 42.9. The van der Waals surface area contributed by atoms with Gasteiger partial charge in [-0.2, -0.15) is 5.10 Å². The van der Waals surface area contributed by atoms with Crippen LogP contribution in [0.1, 0.15) is 17.0 Å². The number of anilines is 1. The van der Waals surface area contributed by atoms with Crippen molar-refractivity contribution in [2.24, 2.45) is 0 Å². The Hall–Kier alpha value is -2.38. The van der Waals surface area contributed by atoms with Crippen LogP contribution in [0.25, 0.3) is 5.69 Å². The van der Waals surface area contributed by atoms with Crippen molar-refractivity contribution >= 4 is 27.3 Å². The lowest BCUT2D eigenvalue weighted by molar-refractivity contribution is 0.600. The van der Waals surface area contributed by atoms with Crippen molar-refractivity contribution in [3.8, 4) is 5.69 Å². The maximum Gasteiger partial charge on any atom is 0.265 e. The predicted octanol–water partition coefficient (Wildman–Crippen LogP) is 4.39. The maximum absolute atomic E-state index is 13.1. The lowest BCUT2D eigenvalue weighted by Gasteiger charge is -2.11. The zero-order chi connectivity index (χ0) is 19.1. The summed E-state index contributed by atoms with van der Waals surface area (Å²) in [6.07, 6.45) is 0. The lowest BCUT2D eigenvalue weighted by Crippen LogP contribution is -2.15. The summed E-state index contributed by atoms with van der Waals surface area (Å²) in [4.78, 5) is 0.0680. The number of aryl methyl sites for hydroxylation is 2. The van der Waals surface area contributed by atoms with Crippen LogP contribution >= 0.6 is 11.6 Å². The van der Waals surface area contributed by atoms with Gasteiger partial charge in [0.1, 0.15) is 10.7 Å². The lowest BCUT2D eigenvalue weighted by atomic mass is 10.2. The van der Waals surface area contributed by atoms with Gasteiger partial charge in [-0.05, 0) is 62.7 Å². The molecule has 0 aliphatic carbocycles. The van der Waals surface area contributed by atoms with E-state index in [-0.39, 0.29) is 10.7 Å². The minimum atomic E-state index is -3.90. The Labute approximate surface area is 156 Å². The van der Waals surface area contributed by atoms with Gasteiger partial charge in [0, 0.05) is 0 Å². The summed E-state index contributed by atoms with van der Waals surface area (Å²) in [7, 11) is -3.90. The fourth-order valence-corrected chi connectivity index (χ4v) is 4.56. The van der Waals surface area contributed by atoms with Crippen LogP contribution in [0.3, 0.4) is 0 Å². The van der Waals surface area contributed by atoms with Gasteiger partial charge < -0.3 is 0 Å². The highest BCUT2D eigenvalue weighted by Gasteiger charge is 2.26. The molecule has 0 aliphatic rings. The van der Waals surface area contributed by atoms with E-state index in [1.807, 2.05) is 6.92 Å². The third-order valence-electron chi connectivity index (χ3n) is 3.93. The Kier molecular flexibility index (Phi) is 4.77. The number of aromatic nitrogens is 2. The standard InChI is InChI=1S/C18H17ClFN3O2S/c1-11-4-9-17(16(19)10-11)22-26(24,25)18-12(2)21-23(13(18)3)15-7-5-14(20)6-8-15/h4-10,22H,1-3H3. The molecule has 5 nitrogen and oxygen atoms in total. The molecule has 0 fully saturated rings. The molecule has 0 bridgehead atoms. The van der Waals surface area contributed by atoms with E-state index < -0.39 is 10.0 Å². The van der Waals surface area contributed by atoms with Crippen molar-refractivity contribution in [3.63, 3.8) is 0 Å². The molecule has 1 N–H and O–H groups in total. The molecule has 0 amide bonds. The van der Waals surface area contributed by atoms with E-state index in [2.05, 4.69) is 9.82 Å². The molecule has 0 saturated carbocycles. The third-order valence-corrected chi connectivity index (χ3v) is 5.86. The van der Waals surface area contributed by atoms with E-state index >= 15 is 0 Å². The number of hydrogen-bond donors (Lipinski definition) is 1. The fourth-order valence-electron chi connectivity index (χ4n) is 2.75. The van der Waals surface area contributed by atoms with Gasteiger partial charge in [0.05, 0.1) is 27.8 Å². The fraction of sp³-hybridized carbons (Fsp3) is 0.167. The van der Waals surface area contributed by atoms with Crippen molar-refractivity contribution in [1.29, 1.82) is 0 Å². The number of rotatable bonds is 4. The van der Waals surface area contributed by atoms with E-state index in [0.717, 1.165) is 5.56 Å². The topological polar surface area (TPSA) is 64.0 Å². The minimum Gasteiger partial charge on any atom is -0.278 e. The second-order valence-corrected chi connectivity index (χ2v) is 8.00. The monoisotopic (exact) mass is 393 g/mol. The zero-order valence-corrected chi connectivity index (χ0v) is 16.0. The second-order valence-electron chi connectivity index (χ2n) is 5.98. The summed E-state index contributed by atoms with van der Waals surface area (Å²) in [6, 6.07) is 10.7. The van der Waals surface area contributed by atoms with E-state index in [0.29, 0.717) is 27.8 Å². The molecule has 1 heterocycles. The molecule has 136 valence electrons. The number of nitrogens with one attached hydrogen (secondary N) is 1. The van der Waals surface area contributed by atoms with Crippen LogP contribution in [-0.2, 0) is 10.0 Å². The van der Waals surface area contributed by atoms with E-state index in [1.165, 1.54) is 28.9 Å². The second kappa shape index (κ2) is 6.74. The first-order chi connectivity index (χ1) is 12.2. The van der Waals surface area contributed by atoms with Crippen molar-refractivity contribution in [2.75, 3.05) is 4.72 Å². The molecule has 2 aromatic carbocycles. The van der Waals surface area contributed by atoms with Crippen LogP contribution in [0, 0.1) is 26.6 Å². The molecule has 0 aliphatic heterocycles. The van der Waals surface area contributed by atoms with Crippen LogP contribution in [0.4, 0.5) is 10.1 Å². The molecular formula is C18H17ClFN3O2S. The summed E-state index contributed by atoms with van der Waals surface area (Å²) in [5.41, 5.74) is 2.55. The summed E-state index contributed by atoms with van der Waals surface area (Å²) in [6.45, 7) is 5.12. The Balaban J connectivity index is 2.04. The van der Waals surface area contributed by atoms with Crippen LogP contribution in [-0.4, -0.2) is 18.2 Å². The quantitative estimate of drug-likeness (QED) is 0.714. The smallest absolute Gasteiger partial charge is 0.265 e. The van der Waals surface area contributed by atoms with Crippen molar-refractivity contribution in [1.82, 2.24) is 9.78 Å². The van der Waals surface area contributed by atoms with Gasteiger partial charge in [0.2, 0.25) is 0 Å². The molecule has 0 unspecified atom stereocenters. The van der Waals surface area contributed by atoms with Crippen LogP contribution in [0.15, 0.2) is 47.4 Å². The minimum absolute atomic E-state index is 0.0680. The first-order valence-corrected chi connectivity index (χ1v) is 9.66. The van der Waals surface area contributed by atoms with Gasteiger partial charge in [-0.1, -0.05) is 17.7 Å². The summed E-state index contributed by atoms with van der Waals surface area (Å²) >= 11 is 6.14. The Bertz CT molecular complexity index is 1080. The zero-order valence-electron chi connectivity index (χ0n) is 14.4. The van der Waals surface area contributed by atoms with Gasteiger partial charge in [-0.25, -0.2) is 17.5 Å². The number of hydrogen-bond acceptors (Lipinski definition) is 3. The maximum atomic E-state index is 13.1. The van der Waals surface area contributed by atoms with Gasteiger partial charge in [0.25, 0.3) is 10.0 Å². The van der Waals surface area contributed by atoms with E-state index in [1.54, 1.807) is 32.0 Å². The average Bonchev–Trinajstić information content (AvgIpc) is 2.86. The molecule has 0 saturated heterocycles. The molecule has 0 atom stereocenters. The first kappa shape index (κ1) is 18.4. The van der Waals surface area contributed by atoms with Gasteiger partial charge in [-0.15, -0.1) is 0 Å². The van der Waals surface area contributed by atoms with Crippen molar-refractivity contribution in [2.45, 2.75) is 25.7 Å². The molecule has 1 aromatic heterocycles. The highest BCUT2D eigenvalue weighted by Crippen LogP contribution is 2.28. The number of benzene rings is 2. The summed E-state index contributed by atoms with van der Waals surface area (Å²) in [5, 5.41) is 4.61. The normalized spacial score (nSPS) is 11.6. The van der Waals surface area contributed by atoms with E-state index in [9.17, 15) is 12.8 Å². The molecular weight excluding hydrogens is 377 g/mol. The molecule has 0 spiro atoms. The predicted molar refractivity (Wildman–Crippen MR) is 100.0 cm³/mol. The van der Waals surface area contributed by atoms with Gasteiger partial charge in [-0.3, -0.25) is 4.72 Å². The van der Waals surface area contributed by atoms with Crippen LogP contribution in [0.2, 0.25) is 5.02 Å². The Morgan fingerprint density at radius 1 is 1.08 bits per heavy atom. The number of sulfonamides is 1. The Morgan fingerprint density at radius 2 is 1.73 bits per heavy atom. The summed E-state index contributed by atoms with van der Waals surface area (Å²) in [5.74, 6) is -0.376. The molecule has 3 rings (SSSR count). The highest BCUT2D eigenvalue weighted by atomic mass is 35.5. The Morgan fingerprint density at radius 3 is 2.35 bits per heavy atom. The highest BCUT2D eigenvalue weighted by molar-refractivity contribution is 7.92. The SMILES string of the molecule is Cc1ccc(NS(=O)(=O)c2c(C)nn(-c3ccc(F)cc3)c2C)c(Cl)c1. The van der Waals surface area contributed by atoms with Crippen LogP contribution < -0.4 is 4.72 Å². The third kappa shape index (κ3) is 3.45. The van der Waals surface area contributed by atoms with Crippen molar-refractivity contribution < 1.29 is 12.8 Å². The molecule has 3 aromatic rings. The van der Waals surface area contributed by atoms with E-state index in [4.69, 9.17) is 11.6 Å². The molecule has 0 radical (unpaired) electrons. The van der Waals surface area contributed by atoms with Crippen LogP contribution in [0.5, 0.6) is 0 Å².